The molecule has 0 unspecified atom stereocenters. The summed E-state index contributed by atoms with van der Waals surface area (Å²) in [6.07, 6.45) is 0. The zero-order valence-corrected chi connectivity index (χ0v) is 9.70. The number of thioether (sulfide) groups is 1. The molecule has 0 bridgehead atoms. The Kier molecular flexibility index (Phi) is 3.81. The molecule has 0 aliphatic heterocycles. The predicted octanol–water partition coefficient (Wildman–Crippen LogP) is 2.38. The monoisotopic (exact) mass is 224 g/mol. The van der Waals surface area contributed by atoms with Gasteiger partial charge in [-0.05, 0) is 38.1 Å². The fourth-order valence-corrected chi connectivity index (χ4v) is 1.89. The predicted molar refractivity (Wildman–Crippen MR) is 57.7 cm³/mol. The third-order valence-corrected chi connectivity index (χ3v) is 2.90. The number of thiocyanates is 1. The van der Waals surface area contributed by atoms with Gasteiger partial charge < -0.3 is 9.72 Å². The molecule has 4 nitrogen and oxygen atoms in total. The van der Waals surface area contributed by atoms with Crippen LogP contribution in [-0.2, 0) is 4.74 Å². The van der Waals surface area contributed by atoms with Crippen molar-refractivity contribution in [1.82, 2.24) is 4.98 Å². The normalized spacial score (nSPS) is 9.73. The quantitative estimate of drug-likeness (QED) is 0.486. The first-order valence-electron chi connectivity index (χ1n) is 4.54. The van der Waals surface area contributed by atoms with E-state index in [1.165, 1.54) is 0 Å². The number of hydrogen-bond acceptors (Lipinski definition) is 4. The first kappa shape index (κ1) is 11.7. The maximum atomic E-state index is 11.5. The first-order valence-corrected chi connectivity index (χ1v) is 5.35. The summed E-state index contributed by atoms with van der Waals surface area (Å²) in [4.78, 5) is 15.2. The summed E-state index contributed by atoms with van der Waals surface area (Å²) in [5.41, 5.74) is 2.03. The zero-order chi connectivity index (χ0) is 11.4. The van der Waals surface area contributed by atoms with E-state index in [1.54, 1.807) is 13.8 Å². The van der Waals surface area contributed by atoms with E-state index in [0.29, 0.717) is 12.3 Å². The number of aryl methyl sites for hydroxylation is 1. The number of nitrogens with one attached hydrogen (secondary N) is 1. The van der Waals surface area contributed by atoms with Crippen LogP contribution in [-0.4, -0.2) is 17.6 Å². The van der Waals surface area contributed by atoms with E-state index in [9.17, 15) is 4.79 Å². The summed E-state index contributed by atoms with van der Waals surface area (Å²) in [6.45, 7) is 5.73. The Morgan fingerprint density at radius 3 is 2.80 bits per heavy atom. The minimum absolute atomic E-state index is 0.344. The summed E-state index contributed by atoms with van der Waals surface area (Å²) in [7, 11) is 0. The lowest BCUT2D eigenvalue weighted by Gasteiger charge is -1.99. The maximum Gasteiger partial charge on any atom is 0.355 e. The fourth-order valence-electron chi connectivity index (χ4n) is 1.34. The number of rotatable bonds is 3. The van der Waals surface area contributed by atoms with E-state index in [1.807, 2.05) is 12.3 Å². The number of aromatic nitrogens is 1. The van der Waals surface area contributed by atoms with Gasteiger partial charge in [0.25, 0.3) is 0 Å². The van der Waals surface area contributed by atoms with Crippen LogP contribution in [0.2, 0.25) is 0 Å². The number of esters is 1. The second-order valence-electron chi connectivity index (χ2n) is 2.99. The molecule has 80 valence electrons. The Labute approximate surface area is 92.6 Å². The number of ether oxygens (including phenoxy) is 1. The molecular formula is C10H12N2O2S. The van der Waals surface area contributed by atoms with Crippen LogP contribution >= 0.6 is 11.8 Å². The molecule has 0 aliphatic rings. The summed E-state index contributed by atoms with van der Waals surface area (Å²) >= 11 is 1.05. The fraction of sp³-hybridized carbons (Fsp3) is 0.400. The van der Waals surface area contributed by atoms with Crippen molar-refractivity contribution in [2.75, 3.05) is 6.61 Å². The number of nitrogens with zero attached hydrogens (tertiary/aromatic N) is 1. The maximum absolute atomic E-state index is 11.5. The van der Waals surface area contributed by atoms with E-state index in [-0.39, 0.29) is 5.97 Å². The van der Waals surface area contributed by atoms with Crippen LogP contribution in [0.4, 0.5) is 0 Å². The summed E-state index contributed by atoms with van der Waals surface area (Å²) in [6, 6.07) is 0. The largest absolute Gasteiger partial charge is 0.461 e. The van der Waals surface area contributed by atoms with Gasteiger partial charge in [0, 0.05) is 10.6 Å². The van der Waals surface area contributed by atoms with Crippen LogP contribution < -0.4 is 0 Å². The molecule has 1 rings (SSSR count). The SMILES string of the molecule is CCOC(=O)c1[nH]c(C)c(SC#N)c1C. The highest BCUT2D eigenvalue weighted by Crippen LogP contribution is 2.28. The molecule has 0 saturated heterocycles. The molecule has 1 aromatic rings. The standard InChI is InChI=1S/C10H12N2O2S/c1-4-14-10(13)8-6(2)9(15-5-11)7(3)12-8/h12H,4H2,1-3H3. The Morgan fingerprint density at radius 2 is 2.27 bits per heavy atom. The highest BCUT2D eigenvalue weighted by atomic mass is 32.2. The molecule has 15 heavy (non-hydrogen) atoms. The molecule has 1 aromatic heterocycles. The van der Waals surface area contributed by atoms with Crippen LogP contribution in [0.25, 0.3) is 0 Å². The zero-order valence-electron chi connectivity index (χ0n) is 8.88. The number of carbonyl (C=O) groups is 1. The van der Waals surface area contributed by atoms with Crippen molar-refractivity contribution in [3.63, 3.8) is 0 Å². The lowest BCUT2D eigenvalue weighted by molar-refractivity contribution is 0.0519. The second-order valence-corrected chi connectivity index (χ2v) is 3.79. The minimum Gasteiger partial charge on any atom is -0.461 e. The average Bonchev–Trinajstić information content (AvgIpc) is 2.47. The average molecular weight is 224 g/mol. The summed E-state index contributed by atoms with van der Waals surface area (Å²) < 4.78 is 4.89. The molecule has 0 amide bonds. The van der Waals surface area contributed by atoms with E-state index in [4.69, 9.17) is 10.00 Å². The van der Waals surface area contributed by atoms with E-state index >= 15 is 0 Å². The summed E-state index contributed by atoms with van der Waals surface area (Å²) in [5.74, 6) is -0.372. The van der Waals surface area contributed by atoms with Gasteiger partial charge in [0.1, 0.15) is 11.1 Å². The number of carbonyl (C=O) groups excluding carboxylic acids is 1. The van der Waals surface area contributed by atoms with Crippen LogP contribution in [0, 0.1) is 24.5 Å². The smallest absolute Gasteiger partial charge is 0.355 e. The van der Waals surface area contributed by atoms with E-state index < -0.39 is 0 Å². The first-order chi connectivity index (χ1) is 7.11. The molecular weight excluding hydrogens is 212 g/mol. The Hall–Kier alpha value is -1.41. The second kappa shape index (κ2) is 4.89. The lowest BCUT2D eigenvalue weighted by atomic mass is 10.2. The molecule has 0 radical (unpaired) electrons. The lowest BCUT2D eigenvalue weighted by Crippen LogP contribution is -2.06. The highest BCUT2D eigenvalue weighted by Gasteiger charge is 2.18. The third-order valence-electron chi connectivity index (χ3n) is 2.00. The van der Waals surface area contributed by atoms with Crippen LogP contribution in [0.1, 0.15) is 28.7 Å². The highest BCUT2D eigenvalue weighted by molar-refractivity contribution is 8.03. The number of H-pyrrole nitrogens is 1. The third kappa shape index (κ3) is 2.34. The van der Waals surface area contributed by atoms with Gasteiger partial charge in [-0.3, -0.25) is 0 Å². The van der Waals surface area contributed by atoms with Gasteiger partial charge in [-0.15, -0.1) is 0 Å². The van der Waals surface area contributed by atoms with Gasteiger partial charge >= 0.3 is 5.97 Å². The van der Waals surface area contributed by atoms with Crippen molar-refractivity contribution < 1.29 is 9.53 Å². The molecule has 0 aliphatic carbocycles. The Morgan fingerprint density at radius 1 is 1.60 bits per heavy atom. The summed E-state index contributed by atoms with van der Waals surface area (Å²) in [5, 5.41) is 10.6. The van der Waals surface area contributed by atoms with Crippen LogP contribution in [0.15, 0.2) is 4.90 Å². The van der Waals surface area contributed by atoms with Gasteiger partial charge in [0.15, 0.2) is 0 Å². The minimum atomic E-state index is -0.372. The van der Waals surface area contributed by atoms with Crippen molar-refractivity contribution in [3.05, 3.63) is 17.0 Å². The van der Waals surface area contributed by atoms with Gasteiger partial charge in [0.2, 0.25) is 0 Å². The van der Waals surface area contributed by atoms with Gasteiger partial charge in [-0.2, -0.15) is 5.26 Å². The van der Waals surface area contributed by atoms with Crippen molar-refractivity contribution in [2.45, 2.75) is 25.7 Å². The van der Waals surface area contributed by atoms with Crippen molar-refractivity contribution in [1.29, 1.82) is 5.26 Å². The van der Waals surface area contributed by atoms with Crippen LogP contribution in [0.3, 0.4) is 0 Å². The number of hydrogen-bond donors (Lipinski definition) is 1. The number of aromatic amines is 1. The van der Waals surface area contributed by atoms with E-state index in [2.05, 4.69) is 4.98 Å². The van der Waals surface area contributed by atoms with Crippen LogP contribution in [0.5, 0.6) is 0 Å². The molecule has 5 heteroatoms. The molecule has 1 heterocycles. The van der Waals surface area contributed by atoms with E-state index in [0.717, 1.165) is 27.9 Å². The van der Waals surface area contributed by atoms with Crippen molar-refractivity contribution in [3.8, 4) is 5.40 Å². The van der Waals surface area contributed by atoms with Gasteiger partial charge in [0.05, 0.1) is 6.61 Å². The van der Waals surface area contributed by atoms with Crippen molar-refractivity contribution >= 4 is 17.7 Å². The van der Waals surface area contributed by atoms with Gasteiger partial charge in [-0.1, -0.05) is 0 Å². The molecule has 0 spiro atoms. The molecule has 0 aromatic carbocycles. The van der Waals surface area contributed by atoms with Crippen molar-refractivity contribution in [2.24, 2.45) is 0 Å². The molecule has 0 atom stereocenters. The molecule has 0 saturated carbocycles. The Balaban J connectivity index is 3.07. The number of nitriles is 1. The molecule has 0 fully saturated rings. The molecule has 1 N–H and O–H groups in total. The Bertz CT molecular complexity index is 418. The van der Waals surface area contributed by atoms with Gasteiger partial charge in [-0.25, -0.2) is 4.79 Å². The topological polar surface area (TPSA) is 65.9 Å².